The standard InChI is InChI=1S/C28H22ClN3O8/c1-38-23-6-4-3-5-21(23)30-24(33)15-40-22-12-7-16(14-20(22)29)13-19-25(34)31-28(37)32(26(19)35)18-10-8-17(9-11-18)27(36)39-2/h3-14H,15H2,1-2H3,(H,30,33)(H,31,34,37)/b19-13-. The molecule has 1 saturated heterocycles. The zero-order chi connectivity index (χ0) is 28.8. The Balaban J connectivity index is 1.47. The molecule has 11 nitrogen and oxygen atoms in total. The molecule has 3 aromatic rings. The monoisotopic (exact) mass is 563 g/mol. The number of hydrogen-bond donors (Lipinski definition) is 2. The summed E-state index contributed by atoms with van der Waals surface area (Å²) in [6.07, 6.45) is 1.27. The topological polar surface area (TPSA) is 140 Å². The molecule has 0 aliphatic carbocycles. The van der Waals surface area contributed by atoms with Crippen molar-refractivity contribution in [1.82, 2.24) is 5.32 Å². The van der Waals surface area contributed by atoms with Crippen molar-refractivity contribution in [3.8, 4) is 11.5 Å². The summed E-state index contributed by atoms with van der Waals surface area (Å²) in [5, 5.41) is 4.92. The lowest BCUT2D eigenvalue weighted by atomic mass is 10.1. The SMILES string of the molecule is COC(=O)c1ccc(N2C(=O)NC(=O)/C(=C/c3ccc(OCC(=O)Nc4ccccc4OC)c(Cl)c3)C2=O)cc1. The van der Waals surface area contributed by atoms with Gasteiger partial charge in [-0.2, -0.15) is 0 Å². The first-order valence-electron chi connectivity index (χ1n) is 11.7. The zero-order valence-electron chi connectivity index (χ0n) is 21.2. The molecule has 4 rings (SSSR count). The number of para-hydroxylation sites is 2. The highest BCUT2D eigenvalue weighted by molar-refractivity contribution is 6.39. The van der Waals surface area contributed by atoms with E-state index < -0.39 is 29.7 Å². The number of ether oxygens (including phenoxy) is 3. The van der Waals surface area contributed by atoms with Crippen molar-refractivity contribution >= 4 is 58.8 Å². The average molecular weight is 564 g/mol. The molecule has 0 bridgehead atoms. The van der Waals surface area contributed by atoms with E-state index in [0.717, 1.165) is 4.90 Å². The predicted octanol–water partition coefficient (Wildman–Crippen LogP) is 3.82. The summed E-state index contributed by atoms with van der Waals surface area (Å²) in [6, 6.07) is 15.9. The van der Waals surface area contributed by atoms with Gasteiger partial charge in [-0.1, -0.05) is 29.8 Å². The van der Waals surface area contributed by atoms with E-state index in [1.54, 1.807) is 24.3 Å². The zero-order valence-corrected chi connectivity index (χ0v) is 22.0. The fraction of sp³-hybridized carbons (Fsp3) is 0.107. The fourth-order valence-electron chi connectivity index (χ4n) is 3.72. The molecule has 3 aromatic carbocycles. The summed E-state index contributed by atoms with van der Waals surface area (Å²) < 4.78 is 15.4. The van der Waals surface area contributed by atoms with Crippen LogP contribution in [0.4, 0.5) is 16.2 Å². The molecule has 1 aliphatic heterocycles. The second-order valence-corrected chi connectivity index (χ2v) is 8.63. The average Bonchev–Trinajstić information content (AvgIpc) is 2.95. The lowest BCUT2D eigenvalue weighted by Gasteiger charge is -2.26. The van der Waals surface area contributed by atoms with Crippen LogP contribution in [0.3, 0.4) is 0 Å². The molecular formula is C28H22ClN3O8. The van der Waals surface area contributed by atoms with Gasteiger partial charge in [-0.05, 0) is 60.2 Å². The van der Waals surface area contributed by atoms with Crippen LogP contribution in [0.15, 0.2) is 72.3 Å². The fourth-order valence-corrected chi connectivity index (χ4v) is 3.97. The number of amides is 5. The van der Waals surface area contributed by atoms with Crippen LogP contribution in [0, 0.1) is 0 Å². The molecule has 204 valence electrons. The molecule has 2 N–H and O–H groups in total. The maximum Gasteiger partial charge on any atom is 0.337 e. The van der Waals surface area contributed by atoms with E-state index in [9.17, 15) is 24.0 Å². The highest BCUT2D eigenvalue weighted by Crippen LogP contribution is 2.28. The van der Waals surface area contributed by atoms with E-state index in [1.807, 2.05) is 0 Å². The van der Waals surface area contributed by atoms with Crippen molar-refractivity contribution in [1.29, 1.82) is 0 Å². The van der Waals surface area contributed by atoms with Crippen molar-refractivity contribution in [2.45, 2.75) is 0 Å². The number of benzene rings is 3. The molecule has 0 radical (unpaired) electrons. The second kappa shape index (κ2) is 12.1. The molecule has 1 aliphatic rings. The van der Waals surface area contributed by atoms with E-state index >= 15 is 0 Å². The third-order valence-electron chi connectivity index (χ3n) is 5.66. The van der Waals surface area contributed by atoms with E-state index in [1.165, 1.54) is 62.8 Å². The predicted molar refractivity (Wildman–Crippen MR) is 145 cm³/mol. The van der Waals surface area contributed by atoms with Crippen LogP contribution >= 0.6 is 11.6 Å². The lowest BCUT2D eigenvalue weighted by Crippen LogP contribution is -2.54. The number of barbiturate groups is 1. The van der Waals surface area contributed by atoms with E-state index in [2.05, 4.69) is 15.4 Å². The van der Waals surface area contributed by atoms with Crippen molar-refractivity contribution in [2.75, 3.05) is 31.0 Å². The van der Waals surface area contributed by atoms with Gasteiger partial charge in [0.05, 0.1) is 36.2 Å². The number of nitrogens with one attached hydrogen (secondary N) is 2. The Morgan fingerprint density at radius 2 is 1.70 bits per heavy atom. The van der Waals surface area contributed by atoms with Crippen molar-refractivity contribution in [2.24, 2.45) is 0 Å². The van der Waals surface area contributed by atoms with Gasteiger partial charge in [-0.25, -0.2) is 14.5 Å². The number of hydrogen-bond acceptors (Lipinski definition) is 8. The van der Waals surface area contributed by atoms with Gasteiger partial charge in [0.2, 0.25) is 0 Å². The molecular weight excluding hydrogens is 542 g/mol. The van der Waals surface area contributed by atoms with Gasteiger partial charge in [-0.15, -0.1) is 0 Å². The van der Waals surface area contributed by atoms with Gasteiger partial charge in [0, 0.05) is 0 Å². The molecule has 5 amide bonds. The molecule has 0 unspecified atom stereocenters. The normalized spacial score (nSPS) is 14.0. The summed E-state index contributed by atoms with van der Waals surface area (Å²) in [5.74, 6) is -2.10. The largest absolute Gasteiger partial charge is 0.495 e. The Kier molecular flexibility index (Phi) is 8.45. The summed E-state index contributed by atoms with van der Waals surface area (Å²) in [7, 11) is 2.72. The van der Waals surface area contributed by atoms with Gasteiger partial charge in [0.15, 0.2) is 6.61 Å². The van der Waals surface area contributed by atoms with Gasteiger partial charge in [0.25, 0.3) is 17.7 Å². The number of urea groups is 1. The number of carbonyl (C=O) groups is 5. The van der Waals surface area contributed by atoms with E-state index in [4.69, 9.17) is 21.1 Å². The molecule has 0 saturated carbocycles. The maximum absolute atomic E-state index is 13.1. The Morgan fingerprint density at radius 3 is 2.38 bits per heavy atom. The minimum atomic E-state index is -0.939. The van der Waals surface area contributed by atoms with Crippen LogP contribution in [-0.2, 0) is 19.1 Å². The summed E-state index contributed by atoms with van der Waals surface area (Å²) in [6.45, 7) is -0.342. The Morgan fingerprint density at radius 1 is 0.975 bits per heavy atom. The molecule has 1 fully saturated rings. The first kappa shape index (κ1) is 27.9. The van der Waals surface area contributed by atoms with Crippen LogP contribution < -0.4 is 25.0 Å². The van der Waals surface area contributed by atoms with Crippen LogP contribution in [0.5, 0.6) is 11.5 Å². The Bertz CT molecular complexity index is 1530. The number of methoxy groups -OCH3 is 2. The maximum atomic E-state index is 13.1. The minimum absolute atomic E-state index is 0.120. The molecule has 0 aromatic heterocycles. The van der Waals surface area contributed by atoms with Gasteiger partial charge < -0.3 is 19.5 Å². The minimum Gasteiger partial charge on any atom is -0.495 e. The number of imide groups is 2. The van der Waals surface area contributed by atoms with Gasteiger partial charge in [-0.3, -0.25) is 19.7 Å². The molecule has 1 heterocycles. The lowest BCUT2D eigenvalue weighted by molar-refractivity contribution is -0.122. The molecule has 0 spiro atoms. The molecule has 12 heteroatoms. The Labute approximate surface area is 233 Å². The van der Waals surface area contributed by atoms with E-state index in [-0.39, 0.29) is 34.2 Å². The highest BCUT2D eigenvalue weighted by atomic mass is 35.5. The van der Waals surface area contributed by atoms with Crippen LogP contribution in [0.25, 0.3) is 6.08 Å². The summed E-state index contributed by atoms with van der Waals surface area (Å²) in [5.41, 5.74) is 0.884. The van der Waals surface area contributed by atoms with Crippen molar-refractivity contribution < 1.29 is 38.2 Å². The quantitative estimate of drug-likeness (QED) is 0.239. The number of anilines is 2. The first-order chi connectivity index (χ1) is 19.2. The van der Waals surface area contributed by atoms with Crippen molar-refractivity contribution in [3.63, 3.8) is 0 Å². The summed E-state index contributed by atoms with van der Waals surface area (Å²) >= 11 is 6.32. The summed E-state index contributed by atoms with van der Waals surface area (Å²) in [4.78, 5) is 62.8. The third kappa shape index (κ3) is 6.11. The first-order valence-corrected chi connectivity index (χ1v) is 12.0. The number of carbonyl (C=O) groups excluding carboxylic acids is 5. The second-order valence-electron chi connectivity index (χ2n) is 8.22. The molecule has 0 atom stereocenters. The number of halogens is 1. The van der Waals surface area contributed by atoms with Crippen LogP contribution in [0.2, 0.25) is 5.02 Å². The van der Waals surface area contributed by atoms with Crippen LogP contribution in [-0.4, -0.2) is 50.5 Å². The number of rotatable bonds is 8. The van der Waals surface area contributed by atoms with Gasteiger partial charge >= 0.3 is 12.0 Å². The highest BCUT2D eigenvalue weighted by Gasteiger charge is 2.36. The number of esters is 1. The third-order valence-corrected chi connectivity index (χ3v) is 5.95. The van der Waals surface area contributed by atoms with Crippen molar-refractivity contribution in [3.05, 3.63) is 88.5 Å². The number of nitrogens with zero attached hydrogens (tertiary/aromatic N) is 1. The Hall–Kier alpha value is -5.16. The van der Waals surface area contributed by atoms with Gasteiger partial charge in [0.1, 0.15) is 17.1 Å². The molecule has 40 heavy (non-hydrogen) atoms. The van der Waals surface area contributed by atoms with Crippen LogP contribution in [0.1, 0.15) is 15.9 Å². The van der Waals surface area contributed by atoms with E-state index in [0.29, 0.717) is 17.0 Å². The smallest absolute Gasteiger partial charge is 0.337 e.